The molecule has 2 heterocycles. The molecule has 0 atom stereocenters. The van der Waals surface area contributed by atoms with Crippen molar-refractivity contribution in [3.63, 3.8) is 0 Å². The molecule has 0 N–H and O–H groups in total. The molecular weight excluding hydrogens is 464 g/mol. The number of nitrogens with zero attached hydrogens (tertiary/aromatic N) is 4. The van der Waals surface area contributed by atoms with Crippen LogP contribution in [0.2, 0.25) is 0 Å². The number of hydrogen-bond acceptors (Lipinski definition) is 0. The van der Waals surface area contributed by atoms with Crippen molar-refractivity contribution in [2.75, 3.05) is 0 Å². The number of unbranched alkanes of at least 4 members (excludes halogenated alkanes) is 10. The Hall–Kier alpha value is -3.24. The van der Waals surface area contributed by atoms with E-state index >= 15 is 0 Å². The van der Waals surface area contributed by atoms with E-state index < -0.39 is 0 Å². The van der Waals surface area contributed by atoms with Gasteiger partial charge in [0.25, 0.3) is 0 Å². The zero-order valence-electron chi connectivity index (χ0n) is 24.3. The summed E-state index contributed by atoms with van der Waals surface area (Å²) in [6.07, 6.45) is 24.4. The lowest BCUT2D eigenvalue weighted by molar-refractivity contribution is -0.697. The van der Waals surface area contributed by atoms with Gasteiger partial charge in [-0.1, -0.05) is 77.1 Å². The fraction of sp³-hybridized carbons (Fsp3) is 0.529. The van der Waals surface area contributed by atoms with Crippen molar-refractivity contribution >= 4 is 0 Å². The van der Waals surface area contributed by atoms with Crippen molar-refractivity contribution in [3.05, 3.63) is 71.8 Å². The standard InChI is InChI=1S/C34H48N4/c1-5-7-9-11-13-15-25-37-27-33(35(3)29-37)23-21-31-17-19-32(20-18-31)22-24-34-28-38(30-36(34)4)26-16-14-12-10-8-6-2/h17-20,27-30H,5-16,25-26H2,1-4H3/q+2. The Kier molecular flexibility index (Phi) is 12.8. The van der Waals surface area contributed by atoms with Crippen LogP contribution in [0.3, 0.4) is 0 Å². The van der Waals surface area contributed by atoms with E-state index in [0.29, 0.717) is 0 Å². The zero-order valence-corrected chi connectivity index (χ0v) is 24.3. The summed E-state index contributed by atoms with van der Waals surface area (Å²) in [5.74, 6) is 13.3. The molecule has 0 aliphatic rings. The number of hydrogen-bond donors (Lipinski definition) is 0. The Morgan fingerprint density at radius 1 is 0.526 bits per heavy atom. The molecule has 0 saturated heterocycles. The van der Waals surface area contributed by atoms with E-state index in [1.165, 1.54) is 77.0 Å². The Labute approximate surface area is 231 Å². The Morgan fingerprint density at radius 3 is 1.29 bits per heavy atom. The third-order valence-electron chi connectivity index (χ3n) is 7.07. The molecule has 4 nitrogen and oxygen atoms in total. The highest BCUT2D eigenvalue weighted by Crippen LogP contribution is 2.07. The van der Waals surface area contributed by atoms with Crippen molar-refractivity contribution in [2.45, 2.75) is 104 Å². The second-order valence-corrected chi connectivity index (χ2v) is 10.6. The molecule has 0 aliphatic heterocycles. The number of aromatic nitrogens is 4. The highest BCUT2D eigenvalue weighted by Gasteiger charge is 2.08. The van der Waals surface area contributed by atoms with E-state index in [0.717, 1.165) is 35.6 Å². The zero-order chi connectivity index (χ0) is 27.0. The minimum atomic E-state index is 1.01. The lowest BCUT2D eigenvalue weighted by Gasteiger charge is -1.98. The molecule has 0 spiro atoms. The van der Waals surface area contributed by atoms with Crippen LogP contribution in [0, 0.1) is 23.7 Å². The molecule has 0 unspecified atom stereocenters. The van der Waals surface area contributed by atoms with Crippen LogP contribution in [0.4, 0.5) is 0 Å². The van der Waals surface area contributed by atoms with Gasteiger partial charge in [-0.25, -0.2) is 18.3 Å². The largest absolute Gasteiger partial charge is 0.244 e. The highest BCUT2D eigenvalue weighted by molar-refractivity contribution is 5.45. The molecular formula is C34H48N4+2. The molecule has 3 aromatic rings. The van der Waals surface area contributed by atoms with E-state index in [1.807, 2.05) is 0 Å². The van der Waals surface area contributed by atoms with Gasteiger partial charge >= 0.3 is 0 Å². The summed E-state index contributed by atoms with van der Waals surface area (Å²) in [4.78, 5) is 0. The van der Waals surface area contributed by atoms with Crippen LogP contribution in [0.15, 0.2) is 49.3 Å². The predicted molar refractivity (Wildman–Crippen MR) is 156 cm³/mol. The van der Waals surface area contributed by atoms with E-state index in [9.17, 15) is 0 Å². The van der Waals surface area contributed by atoms with Gasteiger partial charge in [0.1, 0.15) is 12.4 Å². The maximum absolute atomic E-state index is 3.34. The van der Waals surface area contributed by atoms with E-state index in [1.54, 1.807) is 0 Å². The van der Waals surface area contributed by atoms with Crippen LogP contribution in [0.1, 0.15) is 113 Å². The van der Waals surface area contributed by atoms with Crippen molar-refractivity contribution in [2.24, 2.45) is 14.1 Å². The fourth-order valence-corrected chi connectivity index (χ4v) is 4.68. The Bertz CT molecular complexity index is 1120. The Balaban J connectivity index is 1.50. The van der Waals surface area contributed by atoms with Gasteiger partial charge in [0, 0.05) is 11.1 Å². The van der Waals surface area contributed by atoms with Crippen LogP contribution in [-0.4, -0.2) is 9.13 Å². The second-order valence-electron chi connectivity index (χ2n) is 10.6. The molecule has 202 valence electrons. The quantitative estimate of drug-likeness (QED) is 0.134. The third kappa shape index (κ3) is 10.3. The normalized spacial score (nSPS) is 10.6. The second kappa shape index (κ2) is 16.6. The molecule has 0 radical (unpaired) electrons. The molecule has 0 amide bonds. The molecule has 1 aromatic carbocycles. The summed E-state index contributed by atoms with van der Waals surface area (Å²) in [5, 5.41) is 0. The highest BCUT2D eigenvalue weighted by atomic mass is 15.1. The van der Waals surface area contributed by atoms with E-state index in [4.69, 9.17) is 0 Å². The summed E-state index contributed by atoms with van der Waals surface area (Å²) in [6.45, 7) is 6.66. The van der Waals surface area contributed by atoms with Gasteiger partial charge < -0.3 is 0 Å². The van der Waals surface area contributed by atoms with Crippen molar-refractivity contribution in [1.29, 1.82) is 0 Å². The lowest BCUT2D eigenvalue weighted by Crippen LogP contribution is -2.30. The lowest BCUT2D eigenvalue weighted by atomic mass is 10.1. The van der Waals surface area contributed by atoms with Crippen molar-refractivity contribution in [3.8, 4) is 23.7 Å². The summed E-state index contributed by atoms with van der Waals surface area (Å²) in [5.41, 5.74) is 4.10. The Morgan fingerprint density at radius 2 is 0.895 bits per heavy atom. The fourth-order valence-electron chi connectivity index (χ4n) is 4.68. The summed E-state index contributed by atoms with van der Waals surface area (Å²) < 4.78 is 8.76. The van der Waals surface area contributed by atoms with Crippen LogP contribution >= 0.6 is 0 Å². The predicted octanol–water partition coefficient (Wildman–Crippen LogP) is 6.46. The van der Waals surface area contributed by atoms with Crippen molar-refractivity contribution < 1.29 is 9.13 Å². The minimum absolute atomic E-state index is 1.01. The van der Waals surface area contributed by atoms with E-state index in [2.05, 4.69) is 119 Å². The molecule has 0 aliphatic carbocycles. The van der Waals surface area contributed by atoms with Crippen molar-refractivity contribution in [1.82, 2.24) is 9.13 Å². The van der Waals surface area contributed by atoms with Gasteiger partial charge in [-0.15, -0.1) is 0 Å². The average Bonchev–Trinajstić information content (AvgIpc) is 3.46. The number of imidazole rings is 2. The molecule has 0 bridgehead atoms. The average molecular weight is 513 g/mol. The van der Waals surface area contributed by atoms with Crippen LogP contribution in [0.25, 0.3) is 0 Å². The minimum Gasteiger partial charge on any atom is -0.235 e. The molecule has 4 heteroatoms. The van der Waals surface area contributed by atoms with Gasteiger partial charge in [0.05, 0.1) is 27.2 Å². The first-order valence-electron chi connectivity index (χ1n) is 14.8. The van der Waals surface area contributed by atoms with Gasteiger partial charge in [0.15, 0.2) is 0 Å². The molecule has 3 rings (SSSR count). The SMILES string of the molecule is CCCCCCCC[n+]1cc(C#Cc2ccc(C#Cc3c[n+](CCCCCCCC)cn3C)cc2)n(C)c1. The monoisotopic (exact) mass is 512 g/mol. The smallest absolute Gasteiger partial charge is 0.235 e. The molecule has 0 fully saturated rings. The number of rotatable bonds is 14. The van der Waals surface area contributed by atoms with Gasteiger partial charge in [-0.2, -0.15) is 0 Å². The van der Waals surface area contributed by atoms with Crippen LogP contribution < -0.4 is 9.13 Å². The third-order valence-corrected chi connectivity index (χ3v) is 7.07. The van der Waals surface area contributed by atoms with Crippen LogP contribution in [0.5, 0.6) is 0 Å². The van der Waals surface area contributed by atoms with Gasteiger partial charge in [-0.05, 0) is 61.8 Å². The molecule has 0 saturated carbocycles. The maximum Gasteiger partial charge on any atom is 0.244 e. The summed E-state index contributed by atoms with van der Waals surface area (Å²) in [7, 11) is 4.14. The molecule has 38 heavy (non-hydrogen) atoms. The van der Waals surface area contributed by atoms with Gasteiger partial charge in [-0.3, -0.25) is 0 Å². The first-order chi connectivity index (χ1) is 18.6. The van der Waals surface area contributed by atoms with E-state index in [-0.39, 0.29) is 0 Å². The van der Waals surface area contributed by atoms with Crippen LogP contribution in [-0.2, 0) is 27.2 Å². The van der Waals surface area contributed by atoms with Gasteiger partial charge in [0.2, 0.25) is 24.0 Å². The maximum atomic E-state index is 3.34. The first kappa shape index (κ1) is 29.3. The molecule has 2 aromatic heterocycles. The first-order valence-corrected chi connectivity index (χ1v) is 14.8. The topological polar surface area (TPSA) is 17.6 Å². The summed E-state index contributed by atoms with van der Waals surface area (Å²) in [6, 6.07) is 8.25. The number of aryl methyl sites for hydroxylation is 4. The summed E-state index contributed by atoms with van der Waals surface area (Å²) >= 11 is 0. The number of benzene rings is 1.